The molecular weight excluding hydrogens is 226 g/mol. The molecule has 0 aliphatic rings. The second-order valence-corrected chi connectivity index (χ2v) is 3.28. The van der Waals surface area contributed by atoms with E-state index in [1.807, 2.05) is 0 Å². The Morgan fingerprint density at radius 2 is 2.00 bits per heavy atom. The van der Waals surface area contributed by atoms with Crippen LogP contribution in [0.25, 0.3) is 11.3 Å². The van der Waals surface area contributed by atoms with Crippen molar-refractivity contribution in [3.8, 4) is 11.3 Å². The van der Waals surface area contributed by atoms with Crippen molar-refractivity contribution in [3.63, 3.8) is 0 Å². The third-order valence-corrected chi connectivity index (χ3v) is 2.19. The molecule has 0 radical (unpaired) electrons. The monoisotopic (exact) mass is 233 g/mol. The van der Waals surface area contributed by atoms with Gasteiger partial charge in [-0.2, -0.15) is 5.10 Å². The molecular formula is C10H7N3O4. The van der Waals surface area contributed by atoms with Gasteiger partial charge in [0.2, 0.25) is 0 Å². The lowest BCUT2D eigenvalue weighted by Crippen LogP contribution is -1.95. The Labute approximate surface area is 94.9 Å². The molecule has 0 saturated heterocycles. The maximum Gasteiger partial charge on any atom is 0.356 e. The quantitative estimate of drug-likeness (QED) is 0.619. The molecule has 2 N–H and O–H groups in total. The van der Waals surface area contributed by atoms with Crippen molar-refractivity contribution in [2.24, 2.45) is 0 Å². The molecule has 7 heteroatoms. The van der Waals surface area contributed by atoms with Crippen molar-refractivity contribution >= 4 is 11.7 Å². The first-order chi connectivity index (χ1) is 8.08. The second kappa shape index (κ2) is 4.05. The summed E-state index contributed by atoms with van der Waals surface area (Å²) in [5, 5.41) is 25.3. The maximum absolute atomic E-state index is 10.6. The van der Waals surface area contributed by atoms with Gasteiger partial charge in [-0.05, 0) is 18.2 Å². The van der Waals surface area contributed by atoms with Gasteiger partial charge in [0.15, 0.2) is 5.69 Å². The van der Waals surface area contributed by atoms with Crippen molar-refractivity contribution in [2.75, 3.05) is 0 Å². The van der Waals surface area contributed by atoms with Crippen LogP contribution >= 0.6 is 0 Å². The highest BCUT2D eigenvalue weighted by atomic mass is 16.6. The Bertz CT molecular complexity index is 573. The molecule has 86 valence electrons. The normalized spacial score (nSPS) is 10.1. The van der Waals surface area contributed by atoms with Crippen LogP contribution in [0.3, 0.4) is 0 Å². The molecule has 0 spiro atoms. The van der Waals surface area contributed by atoms with Gasteiger partial charge in [0.05, 0.1) is 10.6 Å². The Morgan fingerprint density at radius 3 is 2.47 bits per heavy atom. The summed E-state index contributed by atoms with van der Waals surface area (Å²) in [4.78, 5) is 20.6. The highest BCUT2D eigenvalue weighted by Crippen LogP contribution is 2.21. The van der Waals surface area contributed by atoms with Crippen LogP contribution in [0, 0.1) is 10.1 Å². The van der Waals surface area contributed by atoms with Crippen molar-refractivity contribution in [3.05, 3.63) is 46.1 Å². The molecule has 0 unspecified atom stereocenters. The zero-order valence-corrected chi connectivity index (χ0v) is 8.45. The zero-order valence-electron chi connectivity index (χ0n) is 8.45. The highest BCUT2D eigenvalue weighted by molar-refractivity contribution is 5.86. The van der Waals surface area contributed by atoms with Crippen LogP contribution < -0.4 is 0 Å². The summed E-state index contributed by atoms with van der Waals surface area (Å²) in [5.74, 6) is -1.13. The number of aromatic nitrogens is 2. The average Bonchev–Trinajstić information content (AvgIpc) is 2.78. The lowest BCUT2D eigenvalue weighted by atomic mass is 10.1. The van der Waals surface area contributed by atoms with E-state index in [-0.39, 0.29) is 11.4 Å². The number of nitrogens with zero attached hydrogens (tertiary/aromatic N) is 2. The minimum Gasteiger partial charge on any atom is -0.476 e. The lowest BCUT2D eigenvalue weighted by molar-refractivity contribution is -0.384. The predicted molar refractivity (Wildman–Crippen MR) is 57.6 cm³/mol. The van der Waals surface area contributed by atoms with Crippen molar-refractivity contribution in [1.29, 1.82) is 0 Å². The van der Waals surface area contributed by atoms with Gasteiger partial charge < -0.3 is 5.11 Å². The van der Waals surface area contributed by atoms with Gasteiger partial charge in [-0.1, -0.05) is 0 Å². The number of nitrogens with one attached hydrogen (secondary N) is 1. The Hall–Kier alpha value is -2.70. The predicted octanol–water partition coefficient (Wildman–Crippen LogP) is 1.68. The van der Waals surface area contributed by atoms with E-state index < -0.39 is 10.9 Å². The number of carbonyl (C=O) groups is 1. The van der Waals surface area contributed by atoms with Crippen molar-refractivity contribution in [1.82, 2.24) is 10.2 Å². The summed E-state index contributed by atoms with van der Waals surface area (Å²) in [6.07, 6.45) is 0. The van der Waals surface area contributed by atoms with E-state index in [1.54, 1.807) is 0 Å². The number of rotatable bonds is 3. The van der Waals surface area contributed by atoms with Gasteiger partial charge in [0.1, 0.15) is 0 Å². The number of carboxylic acid groups (broad SMARTS) is 1. The molecule has 0 amide bonds. The largest absolute Gasteiger partial charge is 0.476 e. The van der Waals surface area contributed by atoms with Gasteiger partial charge in [-0.3, -0.25) is 15.2 Å². The molecule has 17 heavy (non-hydrogen) atoms. The molecule has 1 heterocycles. The Balaban J connectivity index is 2.33. The van der Waals surface area contributed by atoms with E-state index in [1.165, 1.54) is 30.3 Å². The second-order valence-electron chi connectivity index (χ2n) is 3.28. The third-order valence-electron chi connectivity index (χ3n) is 2.19. The summed E-state index contributed by atoms with van der Waals surface area (Å²) in [6, 6.07) is 7.10. The van der Waals surface area contributed by atoms with E-state index >= 15 is 0 Å². The molecule has 7 nitrogen and oxygen atoms in total. The number of nitro benzene ring substituents is 1. The summed E-state index contributed by atoms with van der Waals surface area (Å²) >= 11 is 0. The van der Waals surface area contributed by atoms with Crippen LogP contribution in [0.2, 0.25) is 0 Å². The smallest absolute Gasteiger partial charge is 0.356 e. The highest BCUT2D eigenvalue weighted by Gasteiger charge is 2.10. The van der Waals surface area contributed by atoms with E-state index in [2.05, 4.69) is 10.2 Å². The molecule has 2 rings (SSSR count). The summed E-state index contributed by atoms with van der Waals surface area (Å²) < 4.78 is 0. The van der Waals surface area contributed by atoms with E-state index in [0.717, 1.165) is 0 Å². The molecule has 0 bridgehead atoms. The number of aromatic amines is 1. The van der Waals surface area contributed by atoms with Gasteiger partial charge in [-0.25, -0.2) is 4.79 Å². The van der Waals surface area contributed by atoms with Crippen LogP contribution in [0.1, 0.15) is 10.5 Å². The third kappa shape index (κ3) is 2.12. The summed E-state index contributed by atoms with van der Waals surface area (Å²) in [7, 11) is 0. The molecule has 0 aliphatic heterocycles. The zero-order chi connectivity index (χ0) is 12.4. The first-order valence-corrected chi connectivity index (χ1v) is 4.61. The van der Waals surface area contributed by atoms with Crippen molar-refractivity contribution < 1.29 is 14.8 Å². The number of aromatic carboxylic acids is 1. The summed E-state index contributed by atoms with van der Waals surface area (Å²) in [5.41, 5.74) is 1.01. The standard InChI is InChI=1S/C10H7N3O4/c14-10(15)9-5-8(11-12-9)6-1-3-7(4-2-6)13(16)17/h1-5H,(H,11,12)(H,14,15). The van der Waals surface area contributed by atoms with Gasteiger partial charge in [0.25, 0.3) is 5.69 Å². The SMILES string of the molecule is O=C(O)c1cc(-c2ccc([N+](=O)[O-])cc2)[nH]n1. The number of non-ortho nitro benzene ring substituents is 1. The molecule has 0 saturated carbocycles. The topological polar surface area (TPSA) is 109 Å². The molecule has 0 aliphatic carbocycles. The van der Waals surface area contributed by atoms with Crippen LogP contribution in [-0.2, 0) is 0 Å². The fourth-order valence-corrected chi connectivity index (χ4v) is 1.34. The maximum atomic E-state index is 10.6. The molecule has 1 aromatic carbocycles. The minimum absolute atomic E-state index is 0.0216. The van der Waals surface area contributed by atoms with Gasteiger partial charge >= 0.3 is 5.97 Å². The number of nitro groups is 1. The minimum atomic E-state index is -1.13. The fraction of sp³-hybridized carbons (Fsp3) is 0. The Kier molecular flexibility index (Phi) is 2.57. The number of benzene rings is 1. The first-order valence-electron chi connectivity index (χ1n) is 4.61. The number of hydrogen-bond acceptors (Lipinski definition) is 4. The van der Waals surface area contributed by atoms with Crippen LogP contribution in [0.5, 0.6) is 0 Å². The van der Waals surface area contributed by atoms with Gasteiger partial charge in [-0.15, -0.1) is 0 Å². The molecule has 2 aromatic rings. The molecule has 0 atom stereocenters. The van der Waals surface area contributed by atoms with E-state index in [9.17, 15) is 14.9 Å². The van der Waals surface area contributed by atoms with E-state index in [0.29, 0.717) is 11.3 Å². The van der Waals surface area contributed by atoms with Crippen LogP contribution in [0.15, 0.2) is 30.3 Å². The van der Waals surface area contributed by atoms with Gasteiger partial charge in [0, 0.05) is 17.7 Å². The lowest BCUT2D eigenvalue weighted by Gasteiger charge is -1.95. The molecule has 1 aromatic heterocycles. The summed E-state index contributed by atoms with van der Waals surface area (Å²) in [6.45, 7) is 0. The molecule has 0 fully saturated rings. The number of hydrogen-bond donors (Lipinski definition) is 2. The fourth-order valence-electron chi connectivity index (χ4n) is 1.34. The van der Waals surface area contributed by atoms with E-state index in [4.69, 9.17) is 5.11 Å². The van der Waals surface area contributed by atoms with Crippen molar-refractivity contribution in [2.45, 2.75) is 0 Å². The average molecular weight is 233 g/mol. The number of carboxylic acids is 1. The van der Waals surface area contributed by atoms with Crippen LogP contribution in [-0.4, -0.2) is 26.2 Å². The first kappa shape index (κ1) is 10.8. The van der Waals surface area contributed by atoms with Crippen LogP contribution in [0.4, 0.5) is 5.69 Å². The number of H-pyrrole nitrogens is 1. The Morgan fingerprint density at radius 1 is 1.35 bits per heavy atom.